The number of carbonyl (C=O) groups excluding carboxylic acids is 2. The number of hydrogen-bond donors (Lipinski definition) is 0. The van der Waals surface area contributed by atoms with E-state index in [1.165, 1.54) is 19.6 Å². The van der Waals surface area contributed by atoms with Gasteiger partial charge in [0.1, 0.15) is 5.78 Å². The monoisotopic (exact) mass is 296 g/mol. The highest BCUT2D eigenvalue weighted by Crippen LogP contribution is 2.26. The third kappa shape index (κ3) is 7.42. The summed E-state index contributed by atoms with van der Waals surface area (Å²) in [5, 5.41) is 0. The Hall–Kier alpha value is -1.16. The van der Waals surface area contributed by atoms with Crippen LogP contribution >= 0.6 is 0 Å². The first-order valence-corrected chi connectivity index (χ1v) is 8.05. The van der Waals surface area contributed by atoms with E-state index in [-0.39, 0.29) is 11.7 Å². The van der Waals surface area contributed by atoms with Gasteiger partial charge in [-0.05, 0) is 24.8 Å². The lowest BCUT2D eigenvalue weighted by atomic mass is 9.84. The third-order valence-corrected chi connectivity index (χ3v) is 3.91. The Kier molecular flexibility index (Phi) is 8.99. The topological polar surface area (TPSA) is 52.6 Å². The van der Waals surface area contributed by atoms with Gasteiger partial charge in [-0.3, -0.25) is 4.79 Å². The molecule has 0 aromatic carbocycles. The first kappa shape index (κ1) is 17.9. The summed E-state index contributed by atoms with van der Waals surface area (Å²) in [7, 11) is 1.34. The van der Waals surface area contributed by atoms with Crippen molar-refractivity contribution < 1.29 is 19.1 Å². The van der Waals surface area contributed by atoms with Crippen LogP contribution in [0.3, 0.4) is 0 Å². The molecule has 0 aromatic rings. The van der Waals surface area contributed by atoms with Crippen LogP contribution in [0.2, 0.25) is 0 Å². The predicted molar refractivity (Wildman–Crippen MR) is 82.0 cm³/mol. The first-order chi connectivity index (χ1) is 10.2. The maximum Gasteiger partial charge on any atom is 0.330 e. The number of methoxy groups -OCH3 is 1. The Morgan fingerprint density at radius 3 is 2.52 bits per heavy atom. The molecular formula is C17H28O4. The van der Waals surface area contributed by atoms with E-state index in [1.807, 2.05) is 0 Å². The molecule has 0 saturated heterocycles. The molecule has 0 aliphatic heterocycles. The number of rotatable bonds is 9. The van der Waals surface area contributed by atoms with Crippen LogP contribution in [0.5, 0.6) is 0 Å². The van der Waals surface area contributed by atoms with Crippen LogP contribution in [0, 0.1) is 5.92 Å². The van der Waals surface area contributed by atoms with E-state index in [0.717, 1.165) is 44.1 Å². The third-order valence-electron chi connectivity index (χ3n) is 3.91. The van der Waals surface area contributed by atoms with Crippen molar-refractivity contribution >= 4 is 11.8 Å². The van der Waals surface area contributed by atoms with E-state index in [9.17, 15) is 9.59 Å². The zero-order chi connectivity index (χ0) is 15.5. The number of ether oxygens (including phenoxy) is 2. The lowest BCUT2D eigenvalue weighted by Crippen LogP contribution is -2.19. The zero-order valence-corrected chi connectivity index (χ0v) is 13.4. The van der Waals surface area contributed by atoms with Gasteiger partial charge >= 0.3 is 5.97 Å². The Morgan fingerprint density at radius 1 is 1.19 bits per heavy atom. The first-order valence-electron chi connectivity index (χ1n) is 8.05. The highest BCUT2D eigenvalue weighted by molar-refractivity contribution is 5.87. The second-order valence-electron chi connectivity index (χ2n) is 5.71. The van der Waals surface area contributed by atoms with Crippen LogP contribution in [0.15, 0.2) is 11.6 Å². The van der Waals surface area contributed by atoms with Crippen molar-refractivity contribution in [3.63, 3.8) is 0 Å². The second-order valence-corrected chi connectivity index (χ2v) is 5.71. The van der Waals surface area contributed by atoms with Crippen molar-refractivity contribution in [3.8, 4) is 0 Å². The van der Waals surface area contributed by atoms with Gasteiger partial charge < -0.3 is 9.47 Å². The molecule has 1 aliphatic rings. The number of Topliss-reactive ketones (excluding diaryl/α,β-unsaturated/α-hetero) is 1. The second kappa shape index (κ2) is 10.6. The van der Waals surface area contributed by atoms with E-state index < -0.39 is 5.97 Å². The lowest BCUT2D eigenvalue weighted by molar-refractivity contribution is -0.134. The fraction of sp³-hybridized carbons (Fsp3) is 0.765. The quantitative estimate of drug-likeness (QED) is 0.371. The van der Waals surface area contributed by atoms with Crippen molar-refractivity contribution in [2.75, 3.05) is 20.3 Å². The minimum Gasteiger partial charge on any atom is -0.466 e. The molecule has 0 unspecified atom stereocenters. The molecule has 0 amide bonds. The average molecular weight is 296 g/mol. The number of ketones is 1. The standard InChI is InChI=1S/C17H28O4/c1-3-4-10-21-13-14(12-17(19)20-2)11-16(18)15-8-6-5-7-9-15/h12,15H,3-11,13H2,1-2H3/b14-12-. The molecule has 1 rings (SSSR count). The molecule has 0 bridgehead atoms. The predicted octanol–water partition coefficient (Wildman–Crippen LogP) is 3.44. The maximum atomic E-state index is 12.3. The summed E-state index contributed by atoms with van der Waals surface area (Å²) in [4.78, 5) is 23.7. The lowest BCUT2D eigenvalue weighted by Gasteiger charge is -2.20. The van der Waals surface area contributed by atoms with Crippen LogP contribution in [0.1, 0.15) is 58.3 Å². The zero-order valence-electron chi connectivity index (χ0n) is 13.4. The summed E-state index contributed by atoms with van der Waals surface area (Å²) < 4.78 is 10.2. The van der Waals surface area contributed by atoms with Crippen molar-refractivity contribution in [3.05, 3.63) is 11.6 Å². The molecular weight excluding hydrogens is 268 g/mol. The van der Waals surface area contributed by atoms with Gasteiger partial charge in [-0.1, -0.05) is 32.6 Å². The molecule has 0 aromatic heterocycles. The van der Waals surface area contributed by atoms with Gasteiger partial charge in [0, 0.05) is 25.0 Å². The fourth-order valence-corrected chi connectivity index (χ4v) is 2.61. The highest BCUT2D eigenvalue weighted by Gasteiger charge is 2.22. The minimum absolute atomic E-state index is 0.162. The summed E-state index contributed by atoms with van der Waals surface area (Å²) in [6, 6.07) is 0. The Labute approximate surface area is 127 Å². The van der Waals surface area contributed by atoms with E-state index in [2.05, 4.69) is 11.7 Å². The maximum absolute atomic E-state index is 12.3. The van der Waals surface area contributed by atoms with Crippen molar-refractivity contribution in [1.82, 2.24) is 0 Å². The highest BCUT2D eigenvalue weighted by atomic mass is 16.5. The number of hydrogen-bond acceptors (Lipinski definition) is 4. The van der Waals surface area contributed by atoms with Gasteiger partial charge in [0.2, 0.25) is 0 Å². The smallest absolute Gasteiger partial charge is 0.330 e. The Balaban J connectivity index is 2.52. The van der Waals surface area contributed by atoms with Crippen molar-refractivity contribution in [2.45, 2.75) is 58.3 Å². The molecule has 0 N–H and O–H groups in total. The summed E-state index contributed by atoms with van der Waals surface area (Å²) in [6.45, 7) is 3.10. The van der Waals surface area contributed by atoms with Gasteiger partial charge in [0.15, 0.2) is 0 Å². The largest absolute Gasteiger partial charge is 0.466 e. The molecule has 4 nitrogen and oxygen atoms in total. The molecule has 0 radical (unpaired) electrons. The summed E-state index contributed by atoms with van der Waals surface area (Å²) >= 11 is 0. The van der Waals surface area contributed by atoms with Crippen molar-refractivity contribution in [1.29, 1.82) is 0 Å². The Bertz CT molecular complexity index is 354. The van der Waals surface area contributed by atoms with E-state index >= 15 is 0 Å². The van der Waals surface area contributed by atoms with Gasteiger partial charge in [-0.25, -0.2) is 4.79 Å². The molecule has 1 saturated carbocycles. The normalized spacial score (nSPS) is 16.8. The van der Waals surface area contributed by atoms with Crippen LogP contribution < -0.4 is 0 Å². The summed E-state index contributed by atoms with van der Waals surface area (Å²) in [5.41, 5.74) is 0.730. The summed E-state index contributed by atoms with van der Waals surface area (Å²) in [5.74, 6) is -0.0140. The molecule has 21 heavy (non-hydrogen) atoms. The van der Waals surface area contributed by atoms with Crippen LogP contribution in [0.25, 0.3) is 0 Å². The number of unbranched alkanes of at least 4 members (excludes halogenated alkanes) is 1. The van der Waals surface area contributed by atoms with Gasteiger partial charge in [-0.15, -0.1) is 0 Å². The number of carbonyl (C=O) groups is 2. The van der Waals surface area contributed by atoms with Crippen molar-refractivity contribution in [2.24, 2.45) is 5.92 Å². The fourth-order valence-electron chi connectivity index (χ4n) is 2.61. The minimum atomic E-state index is -0.416. The van der Waals surface area contributed by atoms with Gasteiger partial charge in [0.05, 0.1) is 13.7 Å². The molecule has 1 fully saturated rings. The molecule has 0 heterocycles. The van der Waals surface area contributed by atoms with Crippen LogP contribution in [0.4, 0.5) is 0 Å². The molecule has 1 aliphatic carbocycles. The molecule has 0 spiro atoms. The SMILES string of the molecule is CCCCOC/C(=C\C(=O)OC)CC(=O)C1CCCCC1. The molecule has 0 atom stereocenters. The van der Waals surface area contributed by atoms with Gasteiger partial charge in [0.25, 0.3) is 0 Å². The number of esters is 1. The Morgan fingerprint density at radius 2 is 1.90 bits per heavy atom. The van der Waals surface area contributed by atoms with E-state index in [0.29, 0.717) is 19.6 Å². The van der Waals surface area contributed by atoms with E-state index in [4.69, 9.17) is 4.74 Å². The van der Waals surface area contributed by atoms with E-state index in [1.54, 1.807) is 0 Å². The van der Waals surface area contributed by atoms with Crippen LogP contribution in [-0.2, 0) is 19.1 Å². The molecule has 120 valence electrons. The van der Waals surface area contributed by atoms with Crippen LogP contribution in [-0.4, -0.2) is 32.1 Å². The van der Waals surface area contributed by atoms with Gasteiger partial charge in [-0.2, -0.15) is 0 Å². The average Bonchev–Trinajstić information content (AvgIpc) is 2.52. The molecule has 4 heteroatoms. The summed E-state index contributed by atoms with van der Waals surface area (Å²) in [6.07, 6.45) is 9.26.